The van der Waals surface area contributed by atoms with Crippen LogP contribution >= 0.6 is 0 Å². The molecule has 0 aliphatic carbocycles. The second-order valence-electron chi connectivity index (χ2n) is 7.79. The Kier molecular flexibility index (Phi) is 18.1. The summed E-state index contributed by atoms with van der Waals surface area (Å²) in [6.45, 7) is 7.93. The molecule has 28 heavy (non-hydrogen) atoms. The number of ether oxygens (including phenoxy) is 2. The molecule has 4 heteroatoms. The van der Waals surface area contributed by atoms with Gasteiger partial charge in [0.15, 0.2) is 0 Å². The van der Waals surface area contributed by atoms with Crippen molar-refractivity contribution in [2.45, 2.75) is 130 Å². The average Bonchev–Trinajstić information content (AvgIpc) is 2.67. The lowest BCUT2D eigenvalue weighted by Gasteiger charge is -2.10. The molecule has 0 spiro atoms. The Hall–Kier alpha value is -1.32. The van der Waals surface area contributed by atoms with E-state index in [2.05, 4.69) is 12.2 Å². The van der Waals surface area contributed by atoms with Gasteiger partial charge in [0.25, 0.3) is 0 Å². The summed E-state index contributed by atoms with van der Waals surface area (Å²) < 4.78 is 10.5. The Morgan fingerprint density at radius 3 is 1.43 bits per heavy atom. The van der Waals surface area contributed by atoms with Gasteiger partial charge in [0.05, 0.1) is 12.2 Å². The van der Waals surface area contributed by atoms with E-state index in [1.54, 1.807) is 0 Å². The van der Waals surface area contributed by atoms with Gasteiger partial charge in [0, 0.05) is 12.8 Å². The van der Waals surface area contributed by atoms with Crippen molar-refractivity contribution in [2.24, 2.45) is 0 Å². The molecule has 164 valence electrons. The van der Waals surface area contributed by atoms with Crippen LogP contribution in [0.1, 0.15) is 118 Å². The second kappa shape index (κ2) is 19.0. The van der Waals surface area contributed by atoms with Crippen molar-refractivity contribution in [3.63, 3.8) is 0 Å². The summed E-state index contributed by atoms with van der Waals surface area (Å²) in [5, 5.41) is 0. The molecule has 0 N–H and O–H groups in total. The highest BCUT2D eigenvalue weighted by Crippen LogP contribution is 2.10. The van der Waals surface area contributed by atoms with Crippen LogP contribution in [-0.2, 0) is 19.1 Å². The first-order valence-corrected chi connectivity index (χ1v) is 11.5. The maximum absolute atomic E-state index is 11.5. The van der Waals surface area contributed by atoms with Crippen molar-refractivity contribution in [2.75, 3.05) is 0 Å². The van der Waals surface area contributed by atoms with Crippen LogP contribution in [0.3, 0.4) is 0 Å². The minimum Gasteiger partial charge on any atom is -0.463 e. The number of carbonyl (C=O) groups is 2. The van der Waals surface area contributed by atoms with Gasteiger partial charge in [-0.15, -0.1) is 0 Å². The molecule has 0 aromatic rings. The third-order valence-corrected chi connectivity index (χ3v) is 4.99. The maximum Gasteiger partial charge on any atom is 0.306 e. The molecule has 2 unspecified atom stereocenters. The van der Waals surface area contributed by atoms with Gasteiger partial charge in [0.1, 0.15) is 0 Å². The summed E-state index contributed by atoms with van der Waals surface area (Å²) in [7, 11) is 0. The highest BCUT2D eigenvalue weighted by atomic mass is 16.5. The molecular formula is C24H44O4. The molecule has 0 bridgehead atoms. The van der Waals surface area contributed by atoms with Crippen LogP contribution < -0.4 is 0 Å². The Morgan fingerprint density at radius 2 is 1.00 bits per heavy atom. The largest absolute Gasteiger partial charge is 0.463 e. The lowest BCUT2D eigenvalue weighted by atomic mass is 10.1. The number of rotatable bonds is 18. The van der Waals surface area contributed by atoms with Gasteiger partial charge in [-0.05, 0) is 65.2 Å². The molecule has 0 radical (unpaired) electrons. The van der Waals surface area contributed by atoms with E-state index in [0.29, 0.717) is 12.8 Å². The summed E-state index contributed by atoms with van der Waals surface area (Å²) in [5.74, 6) is -0.109. The molecule has 0 amide bonds. The van der Waals surface area contributed by atoms with Crippen molar-refractivity contribution < 1.29 is 19.1 Å². The van der Waals surface area contributed by atoms with Gasteiger partial charge in [-0.3, -0.25) is 9.59 Å². The van der Waals surface area contributed by atoms with Gasteiger partial charge >= 0.3 is 11.9 Å². The average molecular weight is 397 g/mol. The predicted molar refractivity (Wildman–Crippen MR) is 116 cm³/mol. The third kappa shape index (κ3) is 18.1. The molecule has 4 nitrogen and oxygen atoms in total. The van der Waals surface area contributed by atoms with Gasteiger partial charge in [-0.2, -0.15) is 0 Å². The van der Waals surface area contributed by atoms with E-state index < -0.39 is 0 Å². The lowest BCUT2D eigenvalue weighted by Crippen LogP contribution is -2.13. The van der Waals surface area contributed by atoms with Crippen LogP contribution in [0.2, 0.25) is 0 Å². The van der Waals surface area contributed by atoms with E-state index in [1.165, 1.54) is 19.3 Å². The Labute approximate surface area is 173 Å². The van der Waals surface area contributed by atoms with Crippen LogP contribution in [0.15, 0.2) is 12.2 Å². The lowest BCUT2D eigenvalue weighted by molar-refractivity contribution is -0.149. The molecule has 0 aromatic carbocycles. The minimum atomic E-state index is -0.0581. The molecule has 0 fully saturated rings. The topological polar surface area (TPSA) is 52.6 Å². The third-order valence-electron chi connectivity index (χ3n) is 4.99. The van der Waals surface area contributed by atoms with E-state index in [0.717, 1.165) is 57.8 Å². The van der Waals surface area contributed by atoms with Crippen molar-refractivity contribution in [3.8, 4) is 0 Å². The molecule has 0 heterocycles. The van der Waals surface area contributed by atoms with E-state index in [4.69, 9.17) is 9.47 Å². The highest BCUT2D eigenvalue weighted by Gasteiger charge is 2.07. The van der Waals surface area contributed by atoms with Gasteiger partial charge in [0.2, 0.25) is 0 Å². The SMILES string of the molecule is CCC(C)OC(=O)CCCCC/C=C/CCCCCCCC(=O)OC(C)CC. The van der Waals surface area contributed by atoms with Gasteiger partial charge < -0.3 is 9.47 Å². The number of allylic oxidation sites excluding steroid dienone is 2. The first-order valence-electron chi connectivity index (χ1n) is 11.5. The Bertz CT molecular complexity index is 417. The van der Waals surface area contributed by atoms with Gasteiger partial charge in [-0.1, -0.05) is 51.7 Å². The smallest absolute Gasteiger partial charge is 0.306 e. The Balaban J connectivity index is 3.34. The first-order chi connectivity index (χ1) is 13.5. The zero-order valence-corrected chi connectivity index (χ0v) is 18.8. The summed E-state index contributed by atoms with van der Waals surface area (Å²) in [4.78, 5) is 23.1. The number of esters is 2. The Morgan fingerprint density at radius 1 is 0.643 bits per heavy atom. The fourth-order valence-electron chi connectivity index (χ4n) is 2.74. The van der Waals surface area contributed by atoms with E-state index >= 15 is 0 Å². The minimum absolute atomic E-state index is 0.0431. The summed E-state index contributed by atoms with van der Waals surface area (Å²) in [5.41, 5.74) is 0. The maximum atomic E-state index is 11.5. The summed E-state index contributed by atoms with van der Waals surface area (Å²) in [6.07, 6.45) is 18.6. The molecule has 0 saturated heterocycles. The fraction of sp³-hybridized carbons (Fsp3) is 0.833. The number of unbranched alkanes of at least 4 members (excludes halogenated alkanes) is 8. The standard InChI is InChI=1S/C24H44O4/c1-5-21(3)27-23(25)19-17-15-13-11-9-7-8-10-12-14-16-18-20-24(26)28-22(4)6-2/h7,9,21-22H,5-6,8,10-20H2,1-4H3/b9-7+. The first kappa shape index (κ1) is 26.7. The normalized spacial score (nSPS) is 13.4. The second-order valence-corrected chi connectivity index (χ2v) is 7.79. The van der Waals surface area contributed by atoms with Crippen molar-refractivity contribution in [3.05, 3.63) is 12.2 Å². The molecule has 0 aromatic heterocycles. The predicted octanol–water partition coefficient (Wildman–Crippen LogP) is 6.91. The van der Waals surface area contributed by atoms with Crippen molar-refractivity contribution in [1.82, 2.24) is 0 Å². The molecule has 0 aliphatic heterocycles. The summed E-state index contributed by atoms with van der Waals surface area (Å²) >= 11 is 0. The number of hydrogen-bond acceptors (Lipinski definition) is 4. The number of hydrogen-bond donors (Lipinski definition) is 0. The summed E-state index contributed by atoms with van der Waals surface area (Å²) in [6, 6.07) is 0. The molecule has 0 rings (SSSR count). The van der Waals surface area contributed by atoms with Crippen LogP contribution in [0.5, 0.6) is 0 Å². The van der Waals surface area contributed by atoms with Gasteiger partial charge in [-0.25, -0.2) is 0 Å². The molecule has 0 saturated carbocycles. The van der Waals surface area contributed by atoms with Crippen molar-refractivity contribution in [1.29, 1.82) is 0 Å². The monoisotopic (exact) mass is 396 g/mol. The zero-order valence-electron chi connectivity index (χ0n) is 18.8. The van der Waals surface area contributed by atoms with Crippen LogP contribution in [0, 0.1) is 0 Å². The van der Waals surface area contributed by atoms with E-state index in [-0.39, 0.29) is 24.1 Å². The van der Waals surface area contributed by atoms with Crippen LogP contribution in [0.25, 0.3) is 0 Å². The fourth-order valence-corrected chi connectivity index (χ4v) is 2.74. The molecule has 2 atom stereocenters. The van der Waals surface area contributed by atoms with Crippen molar-refractivity contribution >= 4 is 11.9 Å². The zero-order chi connectivity index (χ0) is 21.0. The van der Waals surface area contributed by atoms with Crippen LogP contribution in [-0.4, -0.2) is 24.1 Å². The van der Waals surface area contributed by atoms with E-state index in [9.17, 15) is 9.59 Å². The number of carbonyl (C=O) groups excluding carboxylic acids is 2. The van der Waals surface area contributed by atoms with Crippen LogP contribution in [0.4, 0.5) is 0 Å². The molecular weight excluding hydrogens is 352 g/mol. The quantitative estimate of drug-likeness (QED) is 0.143. The molecule has 0 aliphatic rings. The highest BCUT2D eigenvalue weighted by molar-refractivity contribution is 5.69. The van der Waals surface area contributed by atoms with E-state index in [1.807, 2.05) is 27.7 Å².